The predicted molar refractivity (Wildman–Crippen MR) is 86.9 cm³/mol. The maximum Gasteiger partial charge on any atom is 0.241 e. The molecule has 0 saturated carbocycles. The summed E-state index contributed by atoms with van der Waals surface area (Å²) in [6.07, 6.45) is 2.01. The molecule has 0 spiro atoms. The van der Waals surface area contributed by atoms with Crippen molar-refractivity contribution in [2.45, 2.75) is 52.7 Å². The van der Waals surface area contributed by atoms with Gasteiger partial charge in [0.15, 0.2) is 0 Å². The van der Waals surface area contributed by atoms with Crippen LogP contribution in [0.5, 0.6) is 0 Å². The molecule has 0 aromatic heterocycles. The number of rotatable bonds is 6. The molecule has 1 fully saturated rings. The summed E-state index contributed by atoms with van der Waals surface area (Å²) in [7, 11) is 0. The first-order valence-electron chi connectivity index (χ1n) is 8.09. The van der Waals surface area contributed by atoms with E-state index in [0.717, 1.165) is 19.4 Å². The number of carbonyl (C=O) groups excluding carboxylic acids is 1. The summed E-state index contributed by atoms with van der Waals surface area (Å²) >= 11 is 0. The molecular formula is C18H28N2O. The van der Waals surface area contributed by atoms with Gasteiger partial charge in [0.05, 0.1) is 12.2 Å². The second-order valence-corrected chi connectivity index (χ2v) is 6.82. The fourth-order valence-electron chi connectivity index (χ4n) is 3.02. The van der Waals surface area contributed by atoms with Crippen LogP contribution in [0.4, 0.5) is 0 Å². The van der Waals surface area contributed by atoms with Crippen molar-refractivity contribution in [1.29, 1.82) is 0 Å². The Bertz CT molecular complexity index is 456. The van der Waals surface area contributed by atoms with Crippen LogP contribution in [0, 0.1) is 11.8 Å². The predicted octanol–water partition coefficient (Wildman–Crippen LogP) is 3.06. The molecule has 1 N–H and O–H groups in total. The van der Waals surface area contributed by atoms with Gasteiger partial charge in [-0.2, -0.15) is 0 Å². The molecule has 1 saturated heterocycles. The van der Waals surface area contributed by atoms with Crippen molar-refractivity contribution in [2.75, 3.05) is 6.54 Å². The lowest BCUT2D eigenvalue weighted by atomic mass is 10.1. The van der Waals surface area contributed by atoms with Crippen molar-refractivity contribution in [2.24, 2.45) is 11.8 Å². The molecule has 116 valence electrons. The number of benzene rings is 1. The number of aryl methyl sites for hydroxylation is 1. The molecule has 1 aromatic carbocycles. The molecule has 2 atom stereocenters. The molecule has 3 heteroatoms. The maximum atomic E-state index is 12.6. The summed E-state index contributed by atoms with van der Waals surface area (Å²) < 4.78 is 0. The number of amides is 1. The van der Waals surface area contributed by atoms with Gasteiger partial charge in [-0.1, -0.05) is 58.0 Å². The van der Waals surface area contributed by atoms with Gasteiger partial charge >= 0.3 is 0 Å². The number of nitrogens with zero attached hydrogens (tertiary/aromatic N) is 1. The molecular weight excluding hydrogens is 260 g/mol. The second-order valence-electron chi connectivity index (χ2n) is 6.82. The van der Waals surface area contributed by atoms with E-state index in [4.69, 9.17) is 0 Å². The van der Waals surface area contributed by atoms with Gasteiger partial charge in [0.25, 0.3) is 0 Å². The van der Waals surface area contributed by atoms with Crippen molar-refractivity contribution >= 4 is 5.91 Å². The van der Waals surface area contributed by atoms with Crippen LogP contribution in [0.25, 0.3) is 0 Å². The Morgan fingerprint density at radius 2 is 1.81 bits per heavy atom. The lowest BCUT2D eigenvalue weighted by Crippen LogP contribution is -2.43. The number of hydrogen-bond acceptors (Lipinski definition) is 2. The van der Waals surface area contributed by atoms with E-state index in [9.17, 15) is 4.79 Å². The average molecular weight is 288 g/mol. The summed E-state index contributed by atoms with van der Waals surface area (Å²) in [4.78, 5) is 14.7. The van der Waals surface area contributed by atoms with E-state index in [1.54, 1.807) is 0 Å². The Morgan fingerprint density at radius 1 is 1.14 bits per heavy atom. The lowest BCUT2D eigenvalue weighted by Gasteiger charge is -2.28. The topological polar surface area (TPSA) is 32.3 Å². The van der Waals surface area contributed by atoms with Crippen LogP contribution in [0.15, 0.2) is 30.3 Å². The van der Waals surface area contributed by atoms with E-state index in [1.165, 1.54) is 5.56 Å². The van der Waals surface area contributed by atoms with E-state index in [0.29, 0.717) is 11.8 Å². The Morgan fingerprint density at radius 3 is 2.38 bits per heavy atom. The van der Waals surface area contributed by atoms with Gasteiger partial charge in [-0.05, 0) is 30.2 Å². The first kappa shape index (κ1) is 16.0. The van der Waals surface area contributed by atoms with Gasteiger partial charge in [0.2, 0.25) is 5.91 Å². The molecule has 21 heavy (non-hydrogen) atoms. The molecule has 1 amide bonds. The van der Waals surface area contributed by atoms with Crippen molar-refractivity contribution < 1.29 is 4.79 Å². The highest BCUT2D eigenvalue weighted by Crippen LogP contribution is 2.21. The number of nitrogens with one attached hydrogen (secondary N) is 1. The summed E-state index contributed by atoms with van der Waals surface area (Å²) in [5.41, 5.74) is 1.30. The summed E-state index contributed by atoms with van der Waals surface area (Å²) in [5.74, 6) is 1.22. The number of hydrogen-bond donors (Lipinski definition) is 1. The van der Waals surface area contributed by atoms with Crippen LogP contribution in [-0.4, -0.2) is 29.6 Å². The van der Waals surface area contributed by atoms with Crippen molar-refractivity contribution in [1.82, 2.24) is 10.2 Å². The van der Waals surface area contributed by atoms with E-state index < -0.39 is 0 Å². The zero-order valence-corrected chi connectivity index (χ0v) is 13.7. The molecule has 2 rings (SSSR count). The van der Waals surface area contributed by atoms with Gasteiger partial charge in [-0.25, -0.2) is 0 Å². The lowest BCUT2D eigenvalue weighted by molar-refractivity contribution is -0.131. The van der Waals surface area contributed by atoms with Crippen molar-refractivity contribution in [3.05, 3.63) is 35.9 Å². The van der Waals surface area contributed by atoms with E-state index in [-0.39, 0.29) is 18.1 Å². The summed E-state index contributed by atoms with van der Waals surface area (Å²) in [6.45, 7) is 9.54. The molecule has 3 nitrogen and oxygen atoms in total. The highest BCUT2D eigenvalue weighted by Gasteiger charge is 2.39. The van der Waals surface area contributed by atoms with Gasteiger partial charge in [-0.3, -0.25) is 10.1 Å². The second kappa shape index (κ2) is 7.08. The Kier molecular flexibility index (Phi) is 5.40. The molecule has 1 heterocycles. The Hall–Kier alpha value is -1.35. The van der Waals surface area contributed by atoms with Crippen LogP contribution in [0.2, 0.25) is 0 Å². The van der Waals surface area contributed by atoms with Crippen LogP contribution in [0.1, 0.15) is 39.7 Å². The normalized spacial score (nSPS) is 22.6. The largest absolute Gasteiger partial charge is 0.325 e. The maximum absolute atomic E-state index is 12.6. The SMILES string of the molecule is CC(C)CN1C(=O)C(CCc2ccccc2)NC1C(C)C. The zero-order valence-electron chi connectivity index (χ0n) is 13.7. The Balaban J connectivity index is 1.99. The summed E-state index contributed by atoms with van der Waals surface area (Å²) in [5, 5.41) is 3.54. The molecule has 0 aliphatic carbocycles. The molecule has 2 unspecified atom stereocenters. The van der Waals surface area contributed by atoms with Crippen molar-refractivity contribution in [3.8, 4) is 0 Å². The third kappa shape index (κ3) is 4.07. The number of carbonyl (C=O) groups is 1. The highest BCUT2D eigenvalue weighted by atomic mass is 16.2. The molecule has 0 bridgehead atoms. The quantitative estimate of drug-likeness (QED) is 0.872. The highest BCUT2D eigenvalue weighted by molar-refractivity contribution is 5.84. The van der Waals surface area contributed by atoms with Gasteiger partial charge in [0, 0.05) is 6.54 Å². The van der Waals surface area contributed by atoms with E-state index in [2.05, 4.69) is 57.3 Å². The van der Waals surface area contributed by atoms with Crippen LogP contribution >= 0.6 is 0 Å². The van der Waals surface area contributed by atoms with Gasteiger partial charge in [0.1, 0.15) is 0 Å². The molecule has 0 radical (unpaired) electrons. The third-order valence-electron chi connectivity index (χ3n) is 4.05. The third-order valence-corrected chi connectivity index (χ3v) is 4.05. The molecule has 1 aliphatic rings. The standard InChI is InChI=1S/C18H28N2O/c1-13(2)12-20-17(14(3)4)19-16(18(20)21)11-10-15-8-6-5-7-9-15/h5-9,13-14,16-17,19H,10-12H2,1-4H3. The smallest absolute Gasteiger partial charge is 0.241 e. The fourth-order valence-corrected chi connectivity index (χ4v) is 3.02. The Labute approximate surface area is 128 Å². The van der Waals surface area contributed by atoms with Gasteiger partial charge < -0.3 is 4.90 Å². The molecule has 1 aliphatic heterocycles. The minimum atomic E-state index is -0.0312. The fraction of sp³-hybridized carbons (Fsp3) is 0.611. The van der Waals surface area contributed by atoms with Crippen LogP contribution in [-0.2, 0) is 11.2 Å². The van der Waals surface area contributed by atoms with Gasteiger partial charge in [-0.15, -0.1) is 0 Å². The average Bonchev–Trinajstić information content (AvgIpc) is 2.75. The van der Waals surface area contributed by atoms with Crippen LogP contribution in [0.3, 0.4) is 0 Å². The van der Waals surface area contributed by atoms with E-state index >= 15 is 0 Å². The minimum absolute atomic E-state index is 0.0312. The monoisotopic (exact) mass is 288 g/mol. The van der Waals surface area contributed by atoms with E-state index in [1.807, 2.05) is 11.0 Å². The first-order chi connectivity index (χ1) is 9.99. The first-order valence-corrected chi connectivity index (χ1v) is 8.09. The van der Waals surface area contributed by atoms with Crippen LogP contribution < -0.4 is 5.32 Å². The minimum Gasteiger partial charge on any atom is -0.325 e. The van der Waals surface area contributed by atoms with Crippen molar-refractivity contribution in [3.63, 3.8) is 0 Å². The molecule has 1 aromatic rings. The summed E-state index contributed by atoms with van der Waals surface area (Å²) in [6, 6.07) is 10.4. The zero-order chi connectivity index (χ0) is 15.4.